The number of carbonyl (C=O) groups excluding carboxylic acids is 3. The van der Waals surface area contributed by atoms with Crippen molar-refractivity contribution in [1.29, 1.82) is 0 Å². The number of rotatable bonds is 9. The number of carbonyl (C=O) groups is 3. The molecule has 232 valence electrons. The predicted molar refractivity (Wildman–Crippen MR) is 162 cm³/mol. The van der Waals surface area contributed by atoms with E-state index in [9.17, 15) is 19.5 Å². The zero-order chi connectivity index (χ0) is 31.1. The van der Waals surface area contributed by atoms with Crippen molar-refractivity contribution >= 4 is 29.5 Å². The first-order valence-corrected chi connectivity index (χ1v) is 14.6. The Morgan fingerprint density at radius 2 is 1.88 bits per heavy atom. The summed E-state index contributed by atoms with van der Waals surface area (Å²) in [5, 5.41) is 16.3. The summed E-state index contributed by atoms with van der Waals surface area (Å²) in [5.41, 5.74) is 1.55. The second-order valence-corrected chi connectivity index (χ2v) is 11.8. The number of pyridine rings is 1. The van der Waals surface area contributed by atoms with E-state index >= 15 is 0 Å². The molecule has 4 atom stereocenters. The Morgan fingerprint density at radius 1 is 1.14 bits per heavy atom. The second-order valence-electron chi connectivity index (χ2n) is 11.8. The van der Waals surface area contributed by atoms with Gasteiger partial charge in [0, 0.05) is 37.6 Å². The molecular weight excluding hydrogens is 552 g/mol. The molecule has 2 heterocycles. The minimum absolute atomic E-state index is 0.114. The van der Waals surface area contributed by atoms with E-state index in [1.165, 1.54) is 6.08 Å². The standard InChI is InChI=1S/C32H42N4O7/c1-6-42-28(38)16-25-24-13-14-36(27-12-9-22(18-33-27)35-31(40)43-32(2,3)4)29(25)21(19-37)15-26(24)30(39)34-17-20-7-10-23(41-5)11-8-20/h7-12,16,18,21,24,26,29,37H,6,13-15,17,19H2,1-5H3,(H,34,39)(H,35,40)/t21-,24-,26-,29-/m0/s1. The summed E-state index contributed by atoms with van der Waals surface area (Å²) in [5.74, 6) is -0.153. The third-order valence-corrected chi connectivity index (χ3v) is 7.73. The summed E-state index contributed by atoms with van der Waals surface area (Å²) in [6.45, 7) is 8.09. The minimum atomic E-state index is -0.631. The predicted octanol–water partition coefficient (Wildman–Crippen LogP) is 4.07. The van der Waals surface area contributed by atoms with Crippen LogP contribution >= 0.6 is 0 Å². The van der Waals surface area contributed by atoms with E-state index in [2.05, 4.69) is 20.5 Å². The molecule has 1 aliphatic heterocycles. The van der Waals surface area contributed by atoms with Crippen LogP contribution in [0.3, 0.4) is 0 Å². The zero-order valence-corrected chi connectivity index (χ0v) is 25.5. The average Bonchev–Trinajstić information content (AvgIpc) is 2.96. The number of fused-ring (bicyclic) bond motifs is 2. The van der Waals surface area contributed by atoms with Gasteiger partial charge in [0.05, 0.1) is 31.6 Å². The van der Waals surface area contributed by atoms with Crippen LogP contribution in [0.25, 0.3) is 0 Å². The Balaban J connectivity index is 1.55. The fourth-order valence-electron chi connectivity index (χ4n) is 5.91. The van der Waals surface area contributed by atoms with Gasteiger partial charge in [-0.25, -0.2) is 14.6 Å². The van der Waals surface area contributed by atoms with Crippen LogP contribution in [0.2, 0.25) is 0 Å². The number of aromatic nitrogens is 1. The minimum Gasteiger partial charge on any atom is -0.497 e. The highest BCUT2D eigenvalue weighted by Gasteiger charge is 2.49. The van der Waals surface area contributed by atoms with Gasteiger partial charge in [0.1, 0.15) is 17.2 Å². The van der Waals surface area contributed by atoms with Gasteiger partial charge in [-0.2, -0.15) is 0 Å². The van der Waals surface area contributed by atoms with Crippen LogP contribution in [0.15, 0.2) is 54.2 Å². The Hall–Kier alpha value is -4.12. The first kappa shape index (κ1) is 31.8. The summed E-state index contributed by atoms with van der Waals surface area (Å²) in [7, 11) is 1.60. The SMILES string of the molecule is CCOC(=O)C=C1[C@@H]2[C@H](CO)C[C@H](C(=O)NCc3ccc(OC)cc3)[C@H]1CCN2c1ccc(NC(=O)OC(C)(C)C)cn1. The molecule has 1 aliphatic carbocycles. The Kier molecular flexibility index (Phi) is 10.3. The molecular formula is C32H42N4O7. The molecule has 1 aromatic carbocycles. The number of ether oxygens (including phenoxy) is 3. The number of amides is 2. The third-order valence-electron chi connectivity index (χ3n) is 7.73. The van der Waals surface area contributed by atoms with Crippen molar-refractivity contribution in [3.63, 3.8) is 0 Å². The van der Waals surface area contributed by atoms with Crippen LogP contribution in [-0.4, -0.2) is 66.6 Å². The number of hydrogen-bond donors (Lipinski definition) is 3. The molecule has 1 saturated heterocycles. The smallest absolute Gasteiger partial charge is 0.412 e. The normalized spacial score (nSPS) is 22.5. The van der Waals surface area contributed by atoms with Crippen molar-refractivity contribution in [2.45, 2.75) is 58.7 Å². The van der Waals surface area contributed by atoms with Crippen LogP contribution in [0.4, 0.5) is 16.3 Å². The van der Waals surface area contributed by atoms with Gasteiger partial charge in [0.15, 0.2) is 0 Å². The number of aliphatic hydroxyl groups excluding tert-OH is 1. The van der Waals surface area contributed by atoms with Crippen molar-refractivity contribution in [3.8, 4) is 5.75 Å². The molecule has 2 amide bonds. The van der Waals surface area contributed by atoms with Crippen LogP contribution in [0, 0.1) is 17.8 Å². The van der Waals surface area contributed by atoms with Gasteiger partial charge in [-0.1, -0.05) is 12.1 Å². The summed E-state index contributed by atoms with van der Waals surface area (Å²) >= 11 is 0. The molecule has 11 nitrogen and oxygen atoms in total. The lowest BCUT2D eigenvalue weighted by Gasteiger charge is -2.52. The molecule has 1 saturated carbocycles. The molecule has 2 bridgehead atoms. The summed E-state index contributed by atoms with van der Waals surface area (Å²) in [4.78, 5) is 45.1. The molecule has 3 N–H and O–H groups in total. The topological polar surface area (TPSA) is 139 Å². The van der Waals surface area contributed by atoms with E-state index in [1.807, 2.05) is 24.3 Å². The quantitative estimate of drug-likeness (QED) is 0.290. The maximum Gasteiger partial charge on any atom is 0.412 e. The molecule has 0 unspecified atom stereocenters. The lowest BCUT2D eigenvalue weighted by atomic mass is 9.64. The lowest BCUT2D eigenvalue weighted by Crippen LogP contribution is -2.57. The Bertz CT molecular complexity index is 1300. The third kappa shape index (κ3) is 8.04. The number of anilines is 2. The van der Waals surface area contributed by atoms with Gasteiger partial charge in [-0.3, -0.25) is 10.1 Å². The molecule has 1 aromatic heterocycles. The zero-order valence-electron chi connectivity index (χ0n) is 25.5. The largest absolute Gasteiger partial charge is 0.497 e. The molecule has 2 aromatic rings. The van der Waals surface area contributed by atoms with Crippen molar-refractivity contribution < 1.29 is 33.7 Å². The summed E-state index contributed by atoms with van der Waals surface area (Å²) in [6.07, 6.45) is 3.53. The highest BCUT2D eigenvalue weighted by molar-refractivity contribution is 5.86. The molecule has 2 fully saturated rings. The Labute approximate surface area is 252 Å². The average molecular weight is 595 g/mol. The van der Waals surface area contributed by atoms with E-state index in [0.717, 1.165) is 16.9 Å². The lowest BCUT2D eigenvalue weighted by molar-refractivity contribution is -0.137. The number of piperidine rings is 1. The van der Waals surface area contributed by atoms with Gasteiger partial charge >= 0.3 is 12.1 Å². The highest BCUT2D eigenvalue weighted by atomic mass is 16.6. The van der Waals surface area contributed by atoms with Gasteiger partial charge in [-0.15, -0.1) is 0 Å². The number of nitrogens with one attached hydrogen (secondary N) is 2. The monoisotopic (exact) mass is 594 g/mol. The van der Waals surface area contributed by atoms with E-state index in [-0.39, 0.29) is 37.0 Å². The first-order chi connectivity index (χ1) is 20.5. The van der Waals surface area contributed by atoms with E-state index < -0.39 is 23.6 Å². The number of hydrogen-bond acceptors (Lipinski definition) is 9. The number of aliphatic hydroxyl groups is 1. The number of nitrogens with zero attached hydrogens (tertiary/aromatic N) is 2. The highest BCUT2D eigenvalue weighted by Crippen LogP contribution is 2.47. The van der Waals surface area contributed by atoms with E-state index in [1.54, 1.807) is 53.1 Å². The molecule has 11 heteroatoms. The maximum atomic E-state index is 13.5. The fourth-order valence-corrected chi connectivity index (χ4v) is 5.91. The van der Waals surface area contributed by atoms with Crippen molar-refractivity contribution in [2.75, 3.05) is 37.1 Å². The van der Waals surface area contributed by atoms with Crippen molar-refractivity contribution in [3.05, 3.63) is 59.8 Å². The van der Waals surface area contributed by atoms with Gasteiger partial charge in [-0.05, 0) is 81.9 Å². The van der Waals surface area contributed by atoms with E-state index in [4.69, 9.17) is 14.2 Å². The van der Waals surface area contributed by atoms with Crippen LogP contribution in [0.1, 0.15) is 46.1 Å². The molecule has 0 spiro atoms. The first-order valence-electron chi connectivity index (χ1n) is 14.6. The van der Waals surface area contributed by atoms with Gasteiger partial charge in [0.25, 0.3) is 0 Å². The van der Waals surface area contributed by atoms with Gasteiger partial charge < -0.3 is 29.5 Å². The fraction of sp³-hybridized carbons (Fsp3) is 0.500. The number of methoxy groups -OCH3 is 1. The van der Waals surface area contributed by atoms with Crippen LogP contribution in [-0.2, 0) is 25.6 Å². The molecule has 0 radical (unpaired) electrons. The maximum absolute atomic E-state index is 13.5. The van der Waals surface area contributed by atoms with Crippen molar-refractivity contribution in [1.82, 2.24) is 10.3 Å². The van der Waals surface area contributed by atoms with Crippen LogP contribution in [0.5, 0.6) is 5.75 Å². The van der Waals surface area contributed by atoms with E-state index in [0.29, 0.717) is 37.4 Å². The number of esters is 1. The van der Waals surface area contributed by atoms with Gasteiger partial charge in [0.2, 0.25) is 5.91 Å². The summed E-state index contributed by atoms with van der Waals surface area (Å²) in [6, 6.07) is 10.7. The molecule has 4 rings (SSSR count). The second kappa shape index (κ2) is 13.9. The van der Waals surface area contributed by atoms with Crippen molar-refractivity contribution in [2.24, 2.45) is 17.8 Å². The van der Waals surface area contributed by atoms with Crippen LogP contribution < -0.4 is 20.3 Å². The molecule has 2 aliphatic rings. The Morgan fingerprint density at radius 3 is 2.49 bits per heavy atom. The summed E-state index contributed by atoms with van der Waals surface area (Å²) < 4.78 is 15.8. The number of benzene rings is 1. The molecule has 43 heavy (non-hydrogen) atoms.